The van der Waals surface area contributed by atoms with Crippen molar-refractivity contribution in [2.75, 3.05) is 19.6 Å². The Morgan fingerprint density at radius 3 is 2.68 bits per heavy atom. The fraction of sp³-hybridized carbons (Fsp3) is 0.423. The predicted octanol–water partition coefficient (Wildman–Crippen LogP) is 3.60. The summed E-state index contributed by atoms with van der Waals surface area (Å²) in [5, 5.41) is 2.80. The summed E-state index contributed by atoms with van der Waals surface area (Å²) in [6.45, 7) is 1.70. The molecule has 1 aromatic heterocycles. The molecular formula is C26H29FN4O3. The molecule has 34 heavy (non-hydrogen) atoms. The van der Waals surface area contributed by atoms with Crippen molar-refractivity contribution in [3.05, 3.63) is 65.7 Å². The monoisotopic (exact) mass is 464 g/mol. The third-order valence-electron chi connectivity index (χ3n) is 6.99. The molecule has 178 valence electrons. The number of nitrogens with one attached hydrogen (secondary N) is 2. The molecule has 0 bridgehead atoms. The number of H-pyrrole nitrogens is 1. The number of piperidine rings is 1. The van der Waals surface area contributed by atoms with Gasteiger partial charge in [0.05, 0.1) is 28.3 Å². The number of likely N-dealkylation sites (tertiary alicyclic amines) is 1. The minimum atomic E-state index is -0.527. The van der Waals surface area contributed by atoms with Crippen molar-refractivity contribution in [2.45, 2.75) is 50.2 Å². The molecule has 2 aliphatic heterocycles. The molecule has 5 rings (SSSR count). The van der Waals surface area contributed by atoms with E-state index >= 15 is 0 Å². The molecule has 7 nitrogen and oxygen atoms in total. The van der Waals surface area contributed by atoms with Crippen LogP contribution in [0.15, 0.2) is 48.5 Å². The van der Waals surface area contributed by atoms with E-state index in [4.69, 9.17) is 4.74 Å². The van der Waals surface area contributed by atoms with Crippen molar-refractivity contribution in [2.24, 2.45) is 0 Å². The second-order valence-corrected chi connectivity index (χ2v) is 9.23. The summed E-state index contributed by atoms with van der Waals surface area (Å²) >= 11 is 0. The Morgan fingerprint density at radius 2 is 1.88 bits per heavy atom. The molecule has 8 heteroatoms. The van der Waals surface area contributed by atoms with E-state index in [1.807, 2.05) is 29.2 Å². The highest BCUT2D eigenvalue weighted by Crippen LogP contribution is 2.38. The van der Waals surface area contributed by atoms with Crippen molar-refractivity contribution >= 4 is 22.8 Å². The fourth-order valence-corrected chi connectivity index (χ4v) is 5.03. The van der Waals surface area contributed by atoms with E-state index in [0.717, 1.165) is 42.5 Å². The molecule has 0 saturated carbocycles. The SMILES string of the molecule is O=C(NC[C@H]1CCC2(CCN(C(=O)CCc3nc4ccccc4[nH]3)CC2)O1)c1ccccc1F. The number of benzene rings is 2. The molecule has 2 aliphatic rings. The van der Waals surface area contributed by atoms with Crippen molar-refractivity contribution in [3.63, 3.8) is 0 Å². The molecular weight excluding hydrogens is 435 g/mol. The van der Waals surface area contributed by atoms with Crippen LogP contribution < -0.4 is 5.32 Å². The number of nitrogens with zero attached hydrogens (tertiary/aromatic N) is 2. The van der Waals surface area contributed by atoms with Crippen LogP contribution in [0.5, 0.6) is 0 Å². The van der Waals surface area contributed by atoms with Gasteiger partial charge in [0, 0.05) is 32.5 Å². The Kier molecular flexibility index (Phi) is 6.32. The van der Waals surface area contributed by atoms with Crippen LogP contribution in [0, 0.1) is 5.82 Å². The average molecular weight is 465 g/mol. The van der Waals surface area contributed by atoms with Crippen molar-refractivity contribution in [1.29, 1.82) is 0 Å². The Balaban J connectivity index is 1.07. The standard InChI is InChI=1S/C26H29FN4O3/c27-20-6-2-1-5-19(20)25(33)28-17-18-11-12-26(34-18)13-15-31(16-14-26)24(32)10-9-23-29-21-7-3-4-8-22(21)30-23/h1-8,18H,9-17H2,(H,28,33)(H,29,30)/t18-/m1/s1. The number of hydrogen-bond donors (Lipinski definition) is 2. The molecule has 0 unspecified atom stereocenters. The molecule has 3 heterocycles. The normalized spacial score (nSPS) is 19.6. The van der Waals surface area contributed by atoms with Crippen molar-refractivity contribution in [3.8, 4) is 0 Å². The zero-order chi connectivity index (χ0) is 23.5. The predicted molar refractivity (Wildman–Crippen MR) is 126 cm³/mol. The largest absolute Gasteiger partial charge is 0.370 e. The first-order chi connectivity index (χ1) is 16.5. The zero-order valence-corrected chi connectivity index (χ0v) is 19.1. The second-order valence-electron chi connectivity index (χ2n) is 9.23. The number of ether oxygens (including phenoxy) is 1. The molecule has 2 saturated heterocycles. The molecule has 0 aliphatic carbocycles. The maximum absolute atomic E-state index is 13.8. The van der Waals surface area contributed by atoms with Crippen LogP contribution in [0.1, 0.15) is 48.3 Å². The van der Waals surface area contributed by atoms with Crippen LogP contribution in [-0.4, -0.2) is 58.0 Å². The fourth-order valence-electron chi connectivity index (χ4n) is 5.03. The van der Waals surface area contributed by atoms with Gasteiger partial charge in [0.25, 0.3) is 5.91 Å². The molecule has 2 N–H and O–H groups in total. The number of hydrogen-bond acceptors (Lipinski definition) is 4. The number of halogens is 1. The van der Waals surface area contributed by atoms with E-state index in [1.54, 1.807) is 12.1 Å². The van der Waals surface area contributed by atoms with Gasteiger partial charge in [-0.2, -0.15) is 0 Å². The van der Waals surface area contributed by atoms with E-state index in [-0.39, 0.29) is 23.2 Å². The lowest BCUT2D eigenvalue weighted by atomic mass is 9.88. The zero-order valence-electron chi connectivity index (χ0n) is 19.1. The van der Waals surface area contributed by atoms with Gasteiger partial charge in [-0.15, -0.1) is 0 Å². The number of aromatic nitrogens is 2. The van der Waals surface area contributed by atoms with Gasteiger partial charge in [0.2, 0.25) is 5.91 Å². The molecule has 2 amide bonds. The third kappa shape index (κ3) is 4.82. The summed E-state index contributed by atoms with van der Waals surface area (Å²) in [7, 11) is 0. The first kappa shape index (κ1) is 22.5. The van der Waals surface area contributed by atoms with Crippen LogP contribution >= 0.6 is 0 Å². The molecule has 2 aromatic carbocycles. The van der Waals surface area contributed by atoms with Gasteiger partial charge in [0.15, 0.2) is 0 Å². The number of fused-ring (bicyclic) bond motifs is 1. The lowest BCUT2D eigenvalue weighted by Crippen LogP contribution is -2.47. The summed E-state index contributed by atoms with van der Waals surface area (Å²) in [5.74, 6) is 0.0260. The number of aromatic amines is 1. The minimum Gasteiger partial charge on any atom is -0.370 e. The summed E-state index contributed by atoms with van der Waals surface area (Å²) in [5.41, 5.74) is 1.72. The van der Waals surface area contributed by atoms with Crippen LogP contribution in [0.2, 0.25) is 0 Å². The summed E-state index contributed by atoms with van der Waals surface area (Å²) < 4.78 is 20.1. The van der Waals surface area contributed by atoms with Crippen LogP contribution in [-0.2, 0) is 16.0 Å². The Morgan fingerprint density at radius 1 is 1.12 bits per heavy atom. The molecule has 1 spiro atoms. The lowest BCUT2D eigenvalue weighted by molar-refractivity contribution is -0.137. The van der Waals surface area contributed by atoms with E-state index in [2.05, 4.69) is 15.3 Å². The van der Waals surface area contributed by atoms with Crippen LogP contribution in [0.3, 0.4) is 0 Å². The van der Waals surface area contributed by atoms with Crippen molar-refractivity contribution < 1.29 is 18.7 Å². The second kappa shape index (κ2) is 9.54. The third-order valence-corrected chi connectivity index (χ3v) is 6.99. The summed E-state index contributed by atoms with van der Waals surface area (Å²) in [6.07, 6.45) is 4.27. The molecule has 2 fully saturated rings. The number of imidazole rings is 1. The van der Waals surface area contributed by atoms with E-state index in [1.165, 1.54) is 12.1 Å². The molecule has 3 aromatic rings. The molecule has 1 atom stereocenters. The topological polar surface area (TPSA) is 87.3 Å². The first-order valence-corrected chi connectivity index (χ1v) is 11.9. The number of carbonyl (C=O) groups excluding carboxylic acids is 2. The first-order valence-electron chi connectivity index (χ1n) is 11.9. The highest BCUT2D eigenvalue weighted by atomic mass is 19.1. The van der Waals surface area contributed by atoms with Gasteiger partial charge in [-0.25, -0.2) is 9.37 Å². The number of carbonyl (C=O) groups is 2. The highest BCUT2D eigenvalue weighted by molar-refractivity contribution is 5.94. The van der Waals surface area contributed by atoms with E-state index in [9.17, 15) is 14.0 Å². The van der Waals surface area contributed by atoms with Gasteiger partial charge < -0.3 is 19.9 Å². The van der Waals surface area contributed by atoms with Crippen LogP contribution in [0.25, 0.3) is 11.0 Å². The minimum absolute atomic E-state index is 0.0460. The summed E-state index contributed by atoms with van der Waals surface area (Å²) in [4.78, 5) is 34.8. The smallest absolute Gasteiger partial charge is 0.254 e. The highest BCUT2D eigenvalue weighted by Gasteiger charge is 2.43. The number of aryl methyl sites for hydroxylation is 1. The van der Waals surface area contributed by atoms with Gasteiger partial charge in [-0.05, 0) is 49.9 Å². The quantitative estimate of drug-likeness (QED) is 0.584. The van der Waals surface area contributed by atoms with Gasteiger partial charge >= 0.3 is 0 Å². The number of para-hydroxylation sites is 2. The van der Waals surface area contributed by atoms with E-state index in [0.29, 0.717) is 32.5 Å². The van der Waals surface area contributed by atoms with Gasteiger partial charge in [0.1, 0.15) is 11.6 Å². The number of amides is 2. The average Bonchev–Trinajstić information content (AvgIpc) is 3.45. The lowest BCUT2D eigenvalue weighted by Gasteiger charge is -2.39. The van der Waals surface area contributed by atoms with Gasteiger partial charge in [-0.3, -0.25) is 9.59 Å². The molecule has 0 radical (unpaired) electrons. The maximum Gasteiger partial charge on any atom is 0.254 e. The van der Waals surface area contributed by atoms with Crippen molar-refractivity contribution in [1.82, 2.24) is 20.2 Å². The van der Waals surface area contributed by atoms with Crippen LogP contribution in [0.4, 0.5) is 4.39 Å². The summed E-state index contributed by atoms with van der Waals surface area (Å²) in [6, 6.07) is 13.8. The Bertz CT molecular complexity index is 1150. The van der Waals surface area contributed by atoms with E-state index < -0.39 is 11.7 Å². The maximum atomic E-state index is 13.8. The Hall–Kier alpha value is -3.26. The van der Waals surface area contributed by atoms with Gasteiger partial charge in [-0.1, -0.05) is 24.3 Å². The Labute approximate surface area is 197 Å². The number of rotatable bonds is 6.